The van der Waals surface area contributed by atoms with Crippen LogP contribution in [-0.4, -0.2) is 32.0 Å². The fourth-order valence-corrected chi connectivity index (χ4v) is 0.892. The topological polar surface area (TPSA) is 80.2 Å². The molecule has 0 saturated heterocycles. The first kappa shape index (κ1) is 10.4. The van der Waals surface area contributed by atoms with Gasteiger partial charge in [-0.1, -0.05) is 0 Å². The molecule has 0 amide bonds. The van der Waals surface area contributed by atoms with Crippen molar-refractivity contribution in [3.05, 3.63) is 0 Å². The molecule has 0 heterocycles. The van der Waals surface area contributed by atoms with E-state index in [4.69, 9.17) is 5.26 Å². The lowest BCUT2D eigenvalue weighted by Crippen LogP contribution is -2.20. The highest BCUT2D eigenvalue weighted by molar-refractivity contribution is 7.53. The molecule has 0 aromatic carbocycles. The molecule has 0 rings (SSSR count). The van der Waals surface area contributed by atoms with Crippen molar-refractivity contribution in [1.82, 2.24) is 5.32 Å². The molecule has 2 N–H and O–H groups in total. The SMILES string of the molecule is CN=C(NC)OP(C)(=O)OO. The van der Waals surface area contributed by atoms with Gasteiger partial charge in [-0.3, -0.25) is 0 Å². The monoisotopic (exact) mass is 182 g/mol. The lowest BCUT2D eigenvalue weighted by Gasteiger charge is -2.11. The van der Waals surface area contributed by atoms with E-state index in [9.17, 15) is 4.57 Å². The van der Waals surface area contributed by atoms with Crippen LogP contribution in [0.2, 0.25) is 0 Å². The maximum atomic E-state index is 10.9. The molecular weight excluding hydrogens is 171 g/mol. The van der Waals surface area contributed by atoms with Crippen LogP contribution in [0.4, 0.5) is 0 Å². The van der Waals surface area contributed by atoms with Crippen LogP contribution < -0.4 is 5.32 Å². The summed E-state index contributed by atoms with van der Waals surface area (Å²) in [5, 5.41) is 10.6. The van der Waals surface area contributed by atoms with Crippen LogP contribution in [0.3, 0.4) is 0 Å². The van der Waals surface area contributed by atoms with Crippen molar-refractivity contribution in [2.24, 2.45) is 4.99 Å². The minimum atomic E-state index is -3.40. The number of hydrogen-bond donors (Lipinski definition) is 2. The van der Waals surface area contributed by atoms with Crippen molar-refractivity contribution in [1.29, 1.82) is 0 Å². The standard InChI is InChI=1S/C4H11N2O4P/c1-5-4(6-2)9-11(3,8)10-7/h7H,1-3H3,(H,5,6). The van der Waals surface area contributed by atoms with Crippen LogP contribution in [-0.2, 0) is 13.8 Å². The molecule has 0 radical (unpaired) electrons. The number of nitrogens with zero attached hydrogens (tertiary/aromatic N) is 1. The summed E-state index contributed by atoms with van der Waals surface area (Å²) in [5.74, 6) is 0. The fourth-order valence-electron chi connectivity index (χ4n) is 0.372. The smallest absolute Gasteiger partial charge is 0.390 e. The number of amidine groups is 1. The van der Waals surface area contributed by atoms with Crippen molar-refractivity contribution in [3.8, 4) is 0 Å². The van der Waals surface area contributed by atoms with E-state index in [1.807, 2.05) is 0 Å². The minimum Gasteiger partial charge on any atom is -0.390 e. The van der Waals surface area contributed by atoms with Gasteiger partial charge in [-0.05, 0) is 0 Å². The summed E-state index contributed by atoms with van der Waals surface area (Å²) in [6.45, 7) is 1.12. The predicted octanol–water partition coefficient (Wildman–Crippen LogP) is 0.521. The van der Waals surface area contributed by atoms with Gasteiger partial charge in [0.15, 0.2) is 0 Å². The van der Waals surface area contributed by atoms with E-state index in [1.165, 1.54) is 7.05 Å². The highest BCUT2D eigenvalue weighted by Gasteiger charge is 2.19. The second-order valence-corrected chi connectivity index (χ2v) is 3.61. The molecule has 0 fully saturated rings. The van der Waals surface area contributed by atoms with Gasteiger partial charge in [0, 0.05) is 14.1 Å². The summed E-state index contributed by atoms with van der Waals surface area (Å²) < 4.78 is 19.1. The maximum Gasteiger partial charge on any atom is 0.405 e. The number of nitrogens with one attached hydrogen (secondary N) is 1. The van der Waals surface area contributed by atoms with Crippen LogP contribution in [0.25, 0.3) is 0 Å². The Hall–Kier alpha value is -0.580. The molecule has 0 spiro atoms. The minimum absolute atomic E-state index is 0.0462. The summed E-state index contributed by atoms with van der Waals surface area (Å²) >= 11 is 0. The van der Waals surface area contributed by atoms with Gasteiger partial charge in [0.05, 0.1) is 6.66 Å². The van der Waals surface area contributed by atoms with E-state index >= 15 is 0 Å². The molecule has 0 aromatic heterocycles. The lowest BCUT2D eigenvalue weighted by atomic mass is 11.0. The lowest BCUT2D eigenvalue weighted by molar-refractivity contribution is -0.144. The second kappa shape index (κ2) is 4.33. The van der Waals surface area contributed by atoms with Crippen molar-refractivity contribution >= 4 is 13.6 Å². The summed E-state index contributed by atoms with van der Waals surface area (Å²) in [4.78, 5) is 3.56. The summed E-state index contributed by atoms with van der Waals surface area (Å²) in [6, 6.07) is 0.0462. The highest BCUT2D eigenvalue weighted by atomic mass is 31.2. The molecule has 1 unspecified atom stereocenters. The molecule has 7 heteroatoms. The Labute approximate surface area is 64.7 Å². The first-order chi connectivity index (χ1) is 5.05. The predicted molar refractivity (Wildman–Crippen MR) is 40.7 cm³/mol. The van der Waals surface area contributed by atoms with Gasteiger partial charge in [-0.2, -0.15) is 0 Å². The Morgan fingerprint density at radius 2 is 2.27 bits per heavy atom. The van der Waals surface area contributed by atoms with E-state index in [0.717, 1.165) is 6.66 Å². The van der Waals surface area contributed by atoms with Gasteiger partial charge in [-0.25, -0.2) is 14.8 Å². The Morgan fingerprint density at radius 1 is 1.73 bits per heavy atom. The van der Waals surface area contributed by atoms with Gasteiger partial charge in [-0.15, -0.1) is 4.67 Å². The molecule has 0 aliphatic rings. The zero-order valence-electron chi connectivity index (χ0n) is 6.57. The third kappa shape index (κ3) is 3.98. The molecule has 66 valence electrons. The van der Waals surface area contributed by atoms with E-state index < -0.39 is 7.60 Å². The van der Waals surface area contributed by atoms with Crippen molar-refractivity contribution in [3.63, 3.8) is 0 Å². The van der Waals surface area contributed by atoms with E-state index in [2.05, 4.69) is 19.5 Å². The molecule has 0 aliphatic heterocycles. The van der Waals surface area contributed by atoms with Gasteiger partial charge in [0.2, 0.25) is 0 Å². The molecule has 11 heavy (non-hydrogen) atoms. The summed E-state index contributed by atoms with van der Waals surface area (Å²) in [5.41, 5.74) is 0. The van der Waals surface area contributed by atoms with Crippen LogP contribution in [0.15, 0.2) is 4.99 Å². The van der Waals surface area contributed by atoms with Gasteiger partial charge < -0.3 is 9.84 Å². The van der Waals surface area contributed by atoms with Crippen molar-refractivity contribution in [2.45, 2.75) is 0 Å². The Morgan fingerprint density at radius 3 is 2.55 bits per heavy atom. The molecular formula is C4H11N2O4P. The summed E-state index contributed by atoms with van der Waals surface area (Å²) in [6.07, 6.45) is 0. The zero-order chi connectivity index (χ0) is 8.91. The number of rotatable bonds is 2. The normalized spacial score (nSPS) is 17.3. The van der Waals surface area contributed by atoms with Gasteiger partial charge >= 0.3 is 7.60 Å². The molecule has 1 atom stereocenters. The quantitative estimate of drug-likeness (QED) is 0.214. The second-order valence-electron chi connectivity index (χ2n) is 1.72. The number of hydrogen-bond acceptors (Lipinski definition) is 5. The third-order valence-corrected chi connectivity index (χ3v) is 1.62. The maximum absolute atomic E-state index is 10.9. The van der Waals surface area contributed by atoms with Gasteiger partial charge in [0.1, 0.15) is 0 Å². The zero-order valence-corrected chi connectivity index (χ0v) is 7.46. The molecule has 6 nitrogen and oxygen atoms in total. The number of aliphatic imine (C=N–C) groups is 1. The van der Waals surface area contributed by atoms with Crippen molar-refractivity contribution in [2.75, 3.05) is 20.8 Å². The average molecular weight is 182 g/mol. The first-order valence-corrected chi connectivity index (χ1v) is 4.79. The first-order valence-electron chi connectivity index (χ1n) is 2.80. The Balaban J connectivity index is 4.13. The van der Waals surface area contributed by atoms with E-state index in [1.54, 1.807) is 7.05 Å². The van der Waals surface area contributed by atoms with E-state index in [0.29, 0.717) is 0 Å². The molecule has 0 saturated carbocycles. The van der Waals surface area contributed by atoms with Crippen LogP contribution >= 0.6 is 7.60 Å². The fraction of sp³-hybridized carbons (Fsp3) is 0.750. The Bertz CT molecular complexity index is 193. The summed E-state index contributed by atoms with van der Waals surface area (Å²) in [7, 11) is -0.411. The van der Waals surface area contributed by atoms with Crippen LogP contribution in [0, 0.1) is 0 Å². The molecule has 0 bridgehead atoms. The highest BCUT2D eigenvalue weighted by Crippen LogP contribution is 2.42. The third-order valence-electron chi connectivity index (χ3n) is 0.818. The van der Waals surface area contributed by atoms with Gasteiger partial charge in [0.25, 0.3) is 6.02 Å². The average Bonchev–Trinajstić information content (AvgIpc) is 2.00. The van der Waals surface area contributed by atoms with E-state index in [-0.39, 0.29) is 6.02 Å². The van der Waals surface area contributed by atoms with Crippen molar-refractivity contribution < 1.29 is 19.0 Å². The van der Waals surface area contributed by atoms with Crippen LogP contribution in [0.1, 0.15) is 0 Å². The molecule has 0 aromatic rings. The Kier molecular flexibility index (Phi) is 4.10. The largest absolute Gasteiger partial charge is 0.405 e. The molecule has 0 aliphatic carbocycles. The van der Waals surface area contributed by atoms with Crippen LogP contribution in [0.5, 0.6) is 0 Å².